The number of fused-ring (bicyclic) bond motifs is 1. The summed E-state index contributed by atoms with van der Waals surface area (Å²) in [6, 6.07) is -2.27. The molecule has 13 heteroatoms. The smallest absolute Gasteiger partial charge is 0.356 e. The molecule has 4 N–H and O–H groups in total. The maximum absolute atomic E-state index is 13.3. The molecule has 0 bridgehead atoms. The van der Waals surface area contributed by atoms with Crippen LogP contribution in [0.5, 0.6) is 0 Å². The van der Waals surface area contributed by atoms with Crippen LogP contribution in [0.3, 0.4) is 0 Å². The van der Waals surface area contributed by atoms with E-state index < -0.39 is 41.9 Å². The molecular formula is C21H33ClF3N5O4. The van der Waals surface area contributed by atoms with Crippen molar-refractivity contribution in [2.75, 3.05) is 19.6 Å². The van der Waals surface area contributed by atoms with E-state index >= 15 is 0 Å². The molecule has 0 aromatic heterocycles. The number of piperidine rings is 1. The molecule has 3 fully saturated rings. The van der Waals surface area contributed by atoms with E-state index in [1.54, 1.807) is 13.8 Å². The molecule has 34 heavy (non-hydrogen) atoms. The highest BCUT2D eigenvalue weighted by Crippen LogP contribution is 2.64. The van der Waals surface area contributed by atoms with Crippen LogP contribution in [-0.2, 0) is 19.2 Å². The number of carbonyl (C=O) groups is 4. The Kier molecular flexibility index (Phi) is 8.50. The van der Waals surface area contributed by atoms with E-state index in [2.05, 4.69) is 16.2 Å². The lowest BCUT2D eigenvalue weighted by Crippen LogP contribution is -2.59. The van der Waals surface area contributed by atoms with Crippen molar-refractivity contribution in [3.05, 3.63) is 0 Å². The Morgan fingerprint density at radius 3 is 2.44 bits per heavy atom. The molecule has 2 heterocycles. The lowest BCUT2D eigenvalue weighted by molar-refractivity contribution is -0.175. The Balaban J connectivity index is 0.00000408. The van der Waals surface area contributed by atoms with Crippen LogP contribution in [0.2, 0.25) is 0 Å². The minimum atomic E-state index is -5.12. The first kappa shape index (κ1) is 28.2. The van der Waals surface area contributed by atoms with Gasteiger partial charge in [-0.05, 0) is 29.6 Å². The number of likely N-dealkylation sites (tertiary alicyclic amines) is 1. The number of nitrogens with zero attached hydrogens (tertiary/aromatic N) is 1. The lowest BCUT2D eigenvalue weighted by atomic mass is 9.95. The molecule has 0 unspecified atom stereocenters. The molecule has 0 aromatic rings. The van der Waals surface area contributed by atoms with Gasteiger partial charge in [-0.1, -0.05) is 34.1 Å². The third kappa shape index (κ3) is 5.42. The average molecular weight is 512 g/mol. The second-order valence-electron chi connectivity index (χ2n) is 9.87. The van der Waals surface area contributed by atoms with Gasteiger partial charge in [0.05, 0.1) is 5.92 Å². The number of rotatable bonds is 8. The van der Waals surface area contributed by atoms with Crippen LogP contribution in [0.1, 0.15) is 40.5 Å². The number of alkyl halides is 3. The molecule has 0 aromatic carbocycles. The van der Waals surface area contributed by atoms with E-state index in [0.717, 1.165) is 0 Å². The third-order valence-corrected chi connectivity index (χ3v) is 7.51. The Labute approximate surface area is 202 Å². The Morgan fingerprint density at radius 2 is 1.91 bits per heavy atom. The fourth-order valence-corrected chi connectivity index (χ4v) is 5.07. The highest BCUT2D eigenvalue weighted by Gasteiger charge is 2.69. The second kappa shape index (κ2) is 10.3. The van der Waals surface area contributed by atoms with Crippen LogP contribution in [0.25, 0.3) is 0 Å². The number of nitrogens with one attached hydrogen (secondary N) is 4. The maximum Gasteiger partial charge on any atom is 0.471 e. The lowest BCUT2D eigenvalue weighted by Gasteiger charge is -2.34. The Bertz CT molecular complexity index is 825. The zero-order valence-electron chi connectivity index (χ0n) is 19.6. The predicted octanol–water partition coefficient (Wildman–Crippen LogP) is 0.741. The molecule has 4 amide bonds. The summed E-state index contributed by atoms with van der Waals surface area (Å²) in [5.74, 6) is -4.40. The molecule has 9 nitrogen and oxygen atoms in total. The first-order valence-corrected chi connectivity index (χ1v) is 11.3. The topological polar surface area (TPSA) is 120 Å². The first-order valence-electron chi connectivity index (χ1n) is 11.3. The van der Waals surface area contributed by atoms with Crippen LogP contribution in [0.15, 0.2) is 0 Å². The molecule has 1 aliphatic carbocycles. The summed E-state index contributed by atoms with van der Waals surface area (Å²) in [6.07, 6.45) is -4.11. The van der Waals surface area contributed by atoms with Gasteiger partial charge in [0, 0.05) is 19.6 Å². The van der Waals surface area contributed by atoms with Gasteiger partial charge >= 0.3 is 12.1 Å². The van der Waals surface area contributed by atoms with E-state index in [1.807, 2.05) is 19.2 Å². The fourth-order valence-electron chi connectivity index (χ4n) is 5.07. The van der Waals surface area contributed by atoms with E-state index in [4.69, 9.17) is 0 Å². The van der Waals surface area contributed by atoms with E-state index in [1.165, 1.54) is 4.90 Å². The minimum absolute atomic E-state index is 0. The summed E-state index contributed by atoms with van der Waals surface area (Å²) in [5, 5.41) is 4.54. The van der Waals surface area contributed by atoms with Crippen molar-refractivity contribution in [1.29, 1.82) is 0 Å². The van der Waals surface area contributed by atoms with Crippen LogP contribution in [0, 0.1) is 29.1 Å². The fraction of sp³-hybridized carbons (Fsp3) is 0.810. The van der Waals surface area contributed by atoms with E-state index in [0.29, 0.717) is 19.4 Å². The SMILES string of the molecule is CC[C@@H](C)[C@H](NC(=O)C(F)(F)F)C(=O)N1C[C@H]2[C@@H]([C@H]1C(=O)NNC[C@@H]1CCNC1=O)C2(C)C.Cl. The number of amides is 4. The first-order chi connectivity index (χ1) is 15.3. The van der Waals surface area contributed by atoms with Gasteiger partial charge in [-0.25, -0.2) is 5.43 Å². The van der Waals surface area contributed by atoms with Crippen LogP contribution < -0.4 is 21.5 Å². The number of hydrogen-bond acceptors (Lipinski definition) is 5. The van der Waals surface area contributed by atoms with Crippen molar-refractivity contribution in [3.8, 4) is 0 Å². The largest absolute Gasteiger partial charge is 0.471 e. The van der Waals surface area contributed by atoms with Gasteiger partial charge < -0.3 is 15.5 Å². The van der Waals surface area contributed by atoms with E-state index in [-0.39, 0.29) is 54.6 Å². The molecule has 6 atom stereocenters. The van der Waals surface area contributed by atoms with Crippen molar-refractivity contribution in [1.82, 2.24) is 26.4 Å². The summed E-state index contributed by atoms with van der Waals surface area (Å²) in [6.45, 7) is 8.30. The van der Waals surface area contributed by atoms with Crippen molar-refractivity contribution >= 4 is 36.0 Å². The van der Waals surface area contributed by atoms with Gasteiger partial charge in [0.2, 0.25) is 11.8 Å². The number of carbonyl (C=O) groups excluding carboxylic acids is 4. The molecular weight excluding hydrogens is 479 g/mol. The van der Waals surface area contributed by atoms with Gasteiger partial charge in [0.15, 0.2) is 0 Å². The number of hydrazine groups is 1. The molecule has 3 rings (SSSR count). The van der Waals surface area contributed by atoms with Crippen LogP contribution in [0.4, 0.5) is 13.2 Å². The van der Waals surface area contributed by atoms with Gasteiger partial charge in [0.25, 0.3) is 5.91 Å². The van der Waals surface area contributed by atoms with Gasteiger partial charge in [-0.2, -0.15) is 13.2 Å². The van der Waals surface area contributed by atoms with Gasteiger partial charge in [0.1, 0.15) is 12.1 Å². The normalized spacial score (nSPS) is 28.8. The summed E-state index contributed by atoms with van der Waals surface area (Å²) in [4.78, 5) is 50.9. The molecule has 194 valence electrons. The highest BCUT2D eigenvalue weighted by molar-refractivity contribution is 5.94. The molecule has 3 aliphatic rings. The Morgan fingerprint density at radius 1 is 1.26 bits per heavy atom. The van der Waals surface area contributed by atoms with Gasteiger partial charge in [-0.15, -0.1) is 12.4 Å². The van der Waals surface area contributed by atoms with Gasteiger partial charge in [-0.3, -0.25) is 24.6 Å². The zero-order valence-corrected chi connectivity index (χ0v) is 20.4. The quantitative estimate of drug-likeness (QED) is 0.358. The average Bonchev–Trinajstić information content (AvgIpc) is 3.11. The maximum atomic E-state index is 13.3. The summed E-state index contributed by atoms with van der Waals surface area (Å²) >= 11 is 0. The standard InChI is InChI=1S/C21H32F3N5O4.ClH/c1-5-10(2)14(27-19(33)21(22,23)24)18(32)29-9-12-13(20(12,3)4)15(29)17(31)28-26-8-11-6-7-25-16(11)30;/h10-15,26H,5-9H2,1-4H3,(H,25,30)(H,27,33)(H,28,31);1H/t10-,11+,12+,13+,14+,15+;/m1./s1. The summed E-state index contributed by atoms with van der Waals surface area (Å²) < 4.78 is 38.6. The number of hydrogen-bond donors (Lipinski definition) is 4. The van der Waals surface area contributed by atoms with Crippen LogP contribution >= 0.6 is 12.4 Å². The monoisotopic (exact) mass is 511 g/mol. The van der Waals surface area contributed by atoms with Crippen molar-refractivity contribution in [2.45, 2.75) is 58.8 Å². The molecule has 2 saturated heterocycles. The molecule has 0 radical (unpaired) electrons. The summed E-state index contributed by atoms with van der Waals surface area (Å²) in [7, 11) is 0. The molecule has 1 saturated carbocycles. The molecule has 0 spiro atoms. The number of halogens is 4. The third-order valence-electron chi connectivity index (χ3n) is 7.51. The van der Waals surface area contributed by atoms with Crippen molar-refractivity contribution in [2.24, 2.45) is 29.1 Å². The van der Waals surface area contributed by atoms with Crippen molar-refractivity contribution in [3.63, 3.8) is 0 Å². The van der Waals surface area contributed by atoms with E-state index in [9.17, 15) is 32.3 Å². The minimum Gasteiger partial charge on any atom is -0.356 e. The summed E-state index contributed by atoms with van der Waals surface area (Å²) in [5.41, 5.74) is 5.14. The van der Waals surface area contributed by atoms with Crippen LogP contribution in [-0.4, -0.2) is 66.4 Å². The predicted molar refractivity (Wildman–Crippen MR) is 118 cm³/mol. The van der Waals surface area contributed by atoms with Crippen molar-refractivity contribution < 1.29 is 32.3 Å². The highest BCUT2D eigenvalue weighted by atomic mass is 35.5. The Hall–Kier alpha value is -2.08. The molecule has 2 aliphatic heterocycles. The second-order valence-corrected chi connectivity index (χ2v) is 9.87. The zero-order chi connectivity index (χ0) is 24.7.